The van der Waals surface area contributed by atoms with E-state index in [2.05, 4.69) is 35.4 Å². The molecule has 5 aromatic rings. The minimum Gasteiger partial charge on any atom is -0.337 e. The number of pyridine rings is 1. The molecule has 0 radical (unpaired) electrons. The van der Waals surface area contributed by atoms with Crippen LogP contribution in [0.15, 0.2) is 45.1 Å². The zero-order chi connectivity index (χ0) is 28.8. The number of aryl methyl sites for hydroxylation is 3. The number of hydrogen-bond acceptors (Lipinski definition) is 10. The summed E-state index contributed by atoms with van der Waals surface area (Å²) in [6, 6.07) is 0.903. The van der Waals surface area contributed by atoms with Crippen LogP contribution in [-0.4, -0.2) is 49.7 Å². The zero-order valence-corrected chi connectivity index (χ0v) is 21.1. The van der Waals surface area contributed by atoms with E-state index in [1.807, 2.05) is 0 Å². The number of nitrogens with one attached hydrogen (secondary N) is 1. The van der Waals surface area contributed by atoms with Gasteiger partial charge in [-0.3, -0.25) is 24.1 Å². The number of carbonyl (C=O) groups is 1. The maximum absolute atomic E-state index is 13.3. The minimum atomic E-state index is -4.60. The van der Waals surface area contributed by atoms with Crippen LogP contribution in [0, 0.1) is 13.8 Å². The van der Waals surface area contributed by atoms with Gasteiger partial charge < -0.3 is 14.4 Å². The van der Waals surface area contributed by atoms with Crippen molar-refractivity contribution in [1.29, 1.82) is 0 Å². The molecule has 1 amide bonds. The van der Waals surface area contributed by atoms with E-state index in [-0.39, 0.29) is 46.4 Å². The number of rotatable bonds is 6. The first kappa shape index (κ1) is 26.4. The lowest BCUT2D eigenvalue weighted by molar-refractivity contribution is -0.138. The van der Waals surface area contributed by atoms with Crippen LogP contribution in [0.2, 0.25) is 0 Å². The molecular formula is C23H19F3N10O4. The SMILES string of the molecule is Cc1noc(Cn2c(=O)c3c(ncn3CC(=O)Nc3cncc(-c4cnc(C)c(C(F)(F)F)c4)n3)n(C)c2=O)n1. The number of imidazole rings is 1. The van der Waals surface area contributed by atoms with Crippen molar-refractivity contribution in [3.05, 3.63) is 74.8 Å². The Morgan fingerprint density at radius 3 is 2.58 bits per heavy atom. The third-order valence-electron chi connectivity index (χ3n) is 5.87. The Morgan fingerprint density at radius 2 is 1.88 bits per heavy atom. The second-order valence-corrected chi connectivity index (χ2v) is 8.71. The van der Waals surface area contributed by atoms with Crippen LogP contribution in [0.1, 0.15) is 23.0 Å². The van der Waals surface area contributed by atoms with E-state index in [0.29, 0.717) is 5.82 Å². The molecule has 0 saturated heterocycles. The average Bonchev–Trinajstić information content (AvgIpc) is 3.51. The number of hydrogen-bond donors (Lipinski definition) is 1. The summed E-state index contributed by atoms with van der Waals surface area (Å²) in [7, 11) is 1.42. The van der Waals surface area contributed by atoms with Gasteiger partial charge in [0.1, 0.15) is 13.1 Å². The van der Waals surface area contributed by atoms with E-state index >= 15 is 0 Å². The molecule has 14 nitrogen and oxygen atoms in total. The first-order valence-corrected chi connectivity index (χ1v) is 11.5. The number of alkyl halides is 3. The predicted molar refractivity (Wildman–Crippen MR) is 131 cm³/mol. The van der Waals surface area contributed by atoms with Crippen LogP contribution in [-0.2, 0) is 31.1 Å². The molecule has 0 unspecified atom stereocenters. The van der Waals surface area contributed by atoms with Crippen molar-refractivity contribution in [2.45, 2.75) is 33.1 Å². The highest BCUT2D eigenvalue weighted by atomic mass is 19.4. The van der Waals surface area contributed by atoms with Crippen molar-refractivity contribution < 1.29 is 22.5 Å². The molecular weight excluding hydrogens is 537 g/mol. The first-order valence-electron chi connectivity index (χ1n) is 11.5. The van der Waals surface area contributed by atoms with Crippen molar-refractivity contribution in [3.8, 4) is 11.3 Å². The predicted octanol–water partition coefficient (Wildman–Crippen LogP) is 1.45. The summed E-state index contributed by atoms with van der Waals surface area (Å²) in [6.45, 7) is 2.14. The maximum atomic E-state index is 13.3. The number of fused-ring (bicyclic) bond motifs is 1. The summed E-state index contributed by atoms with van der Waals surface area (Å²) in [6.07, 6.45) is 0.294. The molecule has 0 fully saturated rings. The fourth-order valence-electron chi connectivity index (χ4n) is 3.98. The van der Waals surface area contributed by atoms with E-state index in [0.717, 1.165) is 15.2 Å². The normalized spacial score (nSPS) is 11.8. The Hall–Kier alpha value is -5.22. The topological polar surface area (TPSA) is 169 Å². The van der Waals surface area contributed by atoms with Crippen LogP contribution in [0.4, 0.5) is 19.0 Å². The highest BCUT2D eigenvalue weighted by molar-refractivity contribution is 5.90. The summed E-state index contributed by atoms with van der Waals surface area (Å²) in [4.78, 5) is 58.8. The average molecular weight is 556 g/mol. The summed E-state index contributed by atoms with van der Waals surface area (Å²) in [5, 5.41) is 6.14. The van der Waals surface area contributed by atoms with Gasteiger partial charge in [0, 0.05) is 24.5 Å². The standard InChI is InChI=1S/C23H19F3N10O4/c1-11-14(23(24,25)26)4-13(5-28-11)15-6-27-7-16(31-15)32-17(37)8-35-10-29-20-19(35)21(38)36(22(39)34(20)3)9-18-30-12(2)33-40-18/h4-7,10H,8-9H2,1-3H3,(H,31,32,37). The van der Waals surface area contributed by atoms with Gasteiger partial charge in [-0.2, -0.15) is 18.2 Å². The number of anilines is 1. The molecule has 0 spiro atoms. The molecule has 0 aromatic carbocycles. The number of aromatic nitrogens is 9. The summed E-state index contributed by atoms with van der Waals surface area (Å²) in [5.41, 5.74) is -2.37. The van der Waals surface area contributed by atoms with E-state index in [9.17, 15) is 27.6 Å². The third kappa shape index (κ3) is 4.95. The Balaban J connectivity index is 1.41. The van der Waals surface area contributed by atoms with Crippen LogP contribution in [0.5, 0.6) is 0 Å². The molecule has 206 valence electrons. The van der Waals surface area contributed by atoms with Crippen molar-refractivity contribution in [1.82, 2.24) is 43.8 Å². The summed E-state index contributed by atoms with van der Waals surface area (Å²) < 4.78 is 48.2. The molecule has 17 heteroatoms. The number of carbonyl (C=O) groups excluding carboxylic acids is 1. The number of nitrogens with zero attached hydrogens (tertiary/aromatic N) is 9. The Morgan fingerprint density at radius 1 is 1.10 bits per heavy atom. The molecule has 0 aliphatic carbocycles. The maximum Gasteiger partial charge on any atom is 0.418 e. The van der Waals surface area contributed by atoms with Gasteiger partial charge in [0.15, 0.2) is 22.8 Å². The Kier molecular flexibility index (Phi) is 6.48. The van der Waals surface area contributed by atoms with E-state index < -0.39 is 35.4 Å². The molecule has 5 heterocycles. The fourth-order valence-corrected chi connectivity index (χ4v) is 3.98. The van der Waals surface area contributed by atoms with E-state index in [1.54, 1.807) is 6.92 Å². The fraction of sp³-hybridized carbons (Fsp3) is 0.261. The van der Waals surface area contributed by atoms with Gasteiger partial charge in [-0.15, -0.1) is 0 Å². The van der Waals surface area contributed by atoms with Crippen LogP contribution >= 0.6 is 0 Å². The summed E-state index contributed by atoms with van der Waals surface area (Å²) in [5.74, 6) is -0.313. The molecule has 0 bridgehead atoms. The van der Waals surface area contributed by atoms with Crippen molar-refractivity contribution in [3.63, 3.8) is 0 Å². The van der Waals surface area contributed by atoms with Gasteiger partial charge in [0.05, 0.1) is 30.0 Å². The van der Waals surface area contributed by atoms with E-state index in [1.165, 1.54) is 43.5 Å². The molecule has 1 N–H and O–H groups in total. The van der Waals surface area contributed by atoms with Crippen LogP contribution in [0.25, 0.3) is 22.4 Å². The second-order valence-electron chi connectivity index (χ2n) is 8.71. The van der Waals surface area contributed by atoms with Crippen molar-refractivity contribution in [2.75, 3.05) is 5.32 Å². The molecule has 5 aromatic heterocycles. The lowest BCUT2D eigenvalue weighted by atomic mass is 10.1. The highest BCUT2D eigenvalue weighted by Gasteiger charge is 2.33. The van der Waals surface area contributed by atoms with Crippen LogP contribution in [0.3, 0.4) is 0 Å². The summed E-state index contributed by atoms with van der Waals surface area (Å²) >= 11 is 0. The monoisotopic (exact) mass is 556 g/mol. The van der Waals surface area contributed by atoms with Gasteiger partial charge in [-0.1, -0.05) is 5.16 Å². The number of amides is 1. The van der Waals surface area contributed by atoms with E-state index in [4.69, 9.17) is 4.52 Å². The van der Waals surface area contributed by atoms with Gasteiger partial charge in [0.2, 0.25) is 11.8 Å². The number of halogens is 3. The van der Waals surface area contributed by atoms with Crippen LogP contribution < -0.4 is 16.6 Å². The highest BCUT2D eigenvalue weighted by Crippen LogP contribution is 2.33. The molecule has 0 atom stereocenters. The smallest absolute Gasteiger partial charge is 0.337 e. The quantitative estimate of drug-likeness (QED) is 0.323. The van der Waals surface area contributed by atoms with Crippen molar-refractivity contribution >= 4 is 22.9 Å². The Bertz CT molecular complexity index is 1890. The first-order chi connectivity index (χ1) is 18.9. The minimum absolute atomic E-state index is 0.0290. The van der Waals surface area contributed by atoms with Gasteiger partial charge in [0.25, 0.3) is 5.56 Å². The zero-order valence-electron chi connectivity index (χ0n) is 21.1. The second kappa shape index (κ2) is 9.83. The molecule has 0 aliphatic heterocycles. The van der Waals surface area contributed by atoms with Gasteiger partial charge >= 0.3 is 11.9 Å². The Labute approximate surface area is 221 Å². The molecule has 0 aliphatic rings. The largest absolute Gasteiger partial charge is 0.418 e. The molecule has 0 saturated carbocycles. The molecule has 40 heavy (non-hydrogen) atoms. The van der Waals surface area contributed by atoms with Gasteiger partial charge in [-0.05, 0) is 19.9 Å². The van der Waals surface area contributed by atoms with Gasteiger partial charge in [-0.25, -0.2) is 19.3 Å². The lowest BCUT2D eigenvalue weighted by Gasteiger charge is -2.12. The lowest BCUT2D eigenvalue weighted by Crippen LogP contribution is -2.40. The molecule has 5 rings (SSSR count). The third-order valence-corrected chi connectivity index (χ3v) is 5.87. The van der Waals surface area contributed by atoms with Crippen molar-refractivity contribution in [2.24, 2.45) is 7.05 Å².